The summed E-state index contributed by atoms with van der Waals surface area (Å²) in [7, 11) is 1.90. The lowest BCUT2D eigenvalue weighted by atomic mass is 9.59. The number of Topliss-reactive ketones (excluding diaryl/α,β-unsaturated/α-hetero) is 1. The molecule has 1 aliphatic heterocycles. The van der Waals surface area contributed by atoms with Gasteiger partial charge in [0.1, 0.15) is 6.10 Å². The van der Waals surface area contributed by atoms with Crippen molar-refractivity contribution in [2.75, 3.05) is 6.61 Å². The summed E-state index contributed by atoms with van der Waals surface area (Å²) in [5.74, 6) is -1.97. The molecule has 2 heterocycles. The van der Waals surface area contributed by atoms with Gasteiger partial charge >= 0.3 is 5.97 Å². The van der Waals surface area contributed by atoms with Crippen LogP contribution in [0.3, 0.4) is 0 Å². The number of fused-ring (bicyclic) bond motifs is 3. The number of aryl methyl sites for hydroxylation is 1. The van der Waals surface area contributed by atoms with E-state index in [9.17, 15) is 14.7 Å². The van der Waals surface area contributed by atoms with E-state index in [1.807, 2.05) is 65.3 Å². The standard InChI is InChI=1S/C31H43NO6/c1-16-14-30-18(3)11-17(2)28(6,7)23(24(30)33)13-21-15-36-29(8,9)38-26(21)31(30,35)25(16)37-27(34)22-12-19(4)32(10)20(22)5/h12-14,17-18,23,25-26,35H,11,15H2,1-10H3/t17-,18+,23+,25-,26+,30-,31+/m0/s1. The molecule has 5 rings (SSSR count). The van der Waals surface area contributed by atoms with Crippen LogP contribution in [0.5, 0.6) is 0 Å². The first-order chi connectivity index (χ1) is 17.5. The molecular formula is C31H43NO6. The fourth-order valence-electron chi connectivity index (χ4n) is 7.59. The number of hydrogen-bond acceptors (Lipinski definition) is 6. The van der Waals surface area contributed by atoms with Gasteiger partial charge in [-0.25, -0.2) is 4.79 Å². The molecule has 0 amide bonds. The summed E-state index contributed by atoms with van der Waals surface area (Å²) < 4.78 is 20.7. The lowest BCUT2D eigenvalue weighted by Gasteiger charge is -2.52. The van der Waals surface area contributed by atoms with Crippen LogP contribution in [0, 0.1) is 42.4 Å². The van der Waals surface area contributed by atoms with Gasteiger partial charge in [0.2, 0.25) is 0 Å². The Bertz CT molecular complexity index is 1270. The Kier molecular flexibility index (Phi) is 6.04. The van der Waals surface area contributed by atoms with E-state index in [2.05, 4.69) is 20.8 Å². The summed E-state index contributed by atoms with van der Waals surface area (Å²) in [6.07, 6.45) is 2.71. The first-order valence-corrected chi connectivity index (χ1v) is 13.8. The summed E-state index contributed by atoms with van der Waals surface area (Å²) in [4.78, 5) is 28.4. The predicted octanol–water partition coefficient (Wildman–Crippen LogP) is 4.82. The number of aromatic nitrogens is 1. The zero-order chi connectivity index (χ0) is 28.2. The second-order valence-corrected chi connectivity index (χ2v) is 13.3. The van der Waals surface area contributed by atoms with Gasteiger partial charge < -0.3 is 23.9 Å². The van der Waals surface area contributed by atoms with E-state index in [-0.39, 0.29) is 29.6 Å². The highest BCUT2D eigenvalue weighted by molar-refractivity contribution is 5.96. The summed E-state index contributed by atoms with van der Waals surface area (Å²) in [5.41, 5.74) is 0.115. The highest BCUT2D eigenvalue weighted by Gasteiger charge is 2.74. The zero-order valence-electron chi connectivity index (χ0n) is 24.5. The van der Waals surface area contributed by atoms with E-state index in [1.54, 1.807) is 6.07 Å². The van der Waals surface area contributed by atoms with E-state index >= 15 is 0 Å². The molecular weight excluding hydrogens is 482 g/mol. The van der Waals surface area contributed by atoms with Crippen LogP contribution in [0.2, 0.25) is 0 Å². The van der Waals surface area contributed by atoms with Gasteiger partial charge in [0.15, 0.2) is 23.3 Å². The molecule has 2 fully saturated rings. The molecule has 7 nitrogen and oxygen atoms in total. The second-order valence-electron chi connectivity index (χ2n) is 13.3. The highest BCUT2D eigenvalue weighted by Crippen LogP contribution is 2.63. The second kappa shape index (κ2) is 8.39. The molecule has 0 radical (unpaired) electrons. The molecule has 3 aliphatic carbocycles. The summed E-state index contributed by atoms with van der Waals surface area (Å²) in [6.45, 7) is 18.0. The first-order valence-electron chi connectivity index (χ1n) is 13.8. The van der Waals surface area contributed by atoms with Crippen molar-refractivity contribution >= 4 is 11.8 Å². The van der Waals surface area contributed by atoms with Crippen molar-refractivity contribution in [2.24, 2.45) is 35.6 Å². The molecule has 4 aliphatic rings. The minimum atomic E-state index is -1.83. The monoisotopic (exact) mass is 525 g/mol. The van der Waals surface area contributed by atoms with Crippen LogP contribution in [0.25, 0.3) is 0 Å². The topological polar surface area (TPSA) is 87.0 Å². The molecule has 1 saturated heterocycles. The minimum Gasteiger partial charge on any atom is -0.451 e. The lowest BCUT2D eigenvalue weighted by Crippen LogP contribution is -2.68. The maximum absolute atomic E-state index is 14.8. The van der Waals surface area contributed by atoms with Gasteiger partial charge in [-0.3, -0.25) is 4.79 Å². The maximum atomic E-state index is 14.8. The predicted molar refractivity (Wildman–Crippen MR) is 143 cm³/mol. The van der Waals surface area contributed by atoms with Gasteiger partial charge in [-0.2, -0.15) is 0 Å². The molecule has 1 aromatic heterocycles. The van der Waals surface area contributed by atoms with Gasteiger partial charge in [0, 0.05) is 24.4 Å². The molecule has 1 saturated carbocycles. The zero-order valence-corrected chi connectivity index (χ0v) is 24.5. The molecule has 1 N–H and O–H groups in total. The van der Waals surface area contributed by atoms with E-state index < -0.39 is 40.9 Å². The Labute approximate surface area is 226 Å². The summed E-state index contributed by atoms with van der Waals surface area (Å²) in [6, 6.07) is 1.80. The normalized spacial score (nSPS) is 39.3. The molecule has 0 unspecified atom stereocenters. The van der Waals surface area contributed by atoms with Crippen molar-refractivity contribution in [1.82, 2.24) is 4.57 Å². The average molecular weight is 526 g/mol. The molecule has 7 heteroatoms. The molecule has 38 heavy (non-hydrogen) atoms. The van der Waals surface area contributed by atoms with E-state index in [0.717, 1.165) is 23.4 Å². The third-order valence-electron chi connectivity index (χ3n) is 10.5. The number of aliphatic hydroxyl groups is 1. The summed E-state index contributed by atoms with van der Waals surface area (Å²) >= 11 is 0. The maximum Gasteiger partial charge on any atom is 0.340 e. The molecule has 1 aromatic rings. The number of ketones is 1. The van der Waals surface area contributed by atoms with Crippen LogP contribution in [0.15, 0.2) is 29.4 Å². The fraction of sp³-hybridized carbons (Fsp3) is 0.677. The van der Waals surface area contributed by atoms with Crippen LogP contribution in [-0.2, 0) is 26.1 Å². The van der Waals surface area contributed by atoms with Crippen LogP contribution < -0.4 is 0 Å². The van der Waals surface area contributed by atoms with Gasteiger partial charge in [-0.1, -0.05) is 39.8 Å². The van der Waals surface area contributed by atoms with Crippen molar-refractivity contribution in [3.63, 3.8) is 0 Å². The van der Waals surface area contributed by atoms with Gasteiger partial charge in [0.25, 0.3) is 0 Å². The van der Waals surface area contributed by atoms with Gasteiger partial charge in [-0.15, -0.1) is 0 Å². The Hall–Kier alpha value is -2.22. The third kappa shape index (κ3) is 3.44. The van der Waals surface area contributed by atoms with Crippen molar-refractivity contribution in [3.8, 4) is 0 Å². The van der Waals surface area contributed by atoms with Crippen LogP contribution in [-0.4, -0.2) is 51.6 Å². The number of carbonyl (C=O) groups excluding carboxylic acids is 2. The quantitative estimate of drug-likeness (QED) is 0.440. The Morgan fingerprint density at radius 1 is 1.13 bits per heavy atom. The van der Waals surface area contributed by atoms with Crippen molar-refractivity contribution < 1.29 is 28.9 Å². The Morgan fingerprint density at radius 2 is 1.79 bits per heavy atom. The largest absolute Gasteiger partial charge is 0.451 e. The molecule has 2 bridgehead atoms. The van der Waals surface area contributed by atoms with Crippen molar-refractivity contribution in [2.45, 2.75) is 92.3 Å². The van der Waals surface area contributed by atoms with Gasteiger partial charge in [0.05, 0.1) is 17.6 Å². The van der Waals surface area contributed by atoms with E-state index in [1.165, 1.54) is 0 Å². The van der Waals surface area contributed by atoms with Crippen molar-refractivity contribution in [3.05, 3.63) is 46.3 Å². The Morgan fingerprint density at radius 3 is 2.39 bits per heavy atom. The average Bonchev–Trinajstić information content (AvgIpc) is 3.17. The molecule has 1 spiro atoms. The first kappa shape index (κ1) is 27.4. The van der Waals surface area contributed by atoms with Gasteiger partial charge in [-0.05, 0) is 75.5 Å². The van der Waals surface area contributed by atoms with E-state index in [4.69, 9.17) is 14.2 Å². The minimum absolute atomic E-state index is 0.0326. The van der Waals surface area contributed by atoms with Crippen LogP contribution in [0.1, 0.15) is 76.6 Å². The molecule has 7 atom stereocenters. The number of hydrogen-bond donors (Lipinski definition) is 1. The highest BCUT2D eigenvalue weighted by atomic mass is 16.7. The number of allylic oxidation sites excluding steroid dienone is 1. The van der Waals surface area contributed by atoms with E-state index in [0.29, 0.717) is 11.1 Å². The number of esters is 1. The van der Waals surface area contributed by atoms with Crippen LogP contribution >= 0.6 is 0 Å². The fourth-order valence-corrected chi connectivity index (χ4v) is 7.59. The lowest BCUT2D eigenvalue weighted by molar-refractivity contribution is -0.302. The summed E-state index contributed by atoms with van der Waals surface area (Å²) in [5, 5.41) is 13.1. The van der Waals surface area contributed by atoms with Crippen LogP contribution in [0.4, 0.5) is 0 Å². The SMILES string of the molecule is CC1=C[C@]23C(=O)[C@@H](C=C4COC(C)(C)O[C@H]4[C@]2(O)[C@H]1OC(=O)c1cc(C)n(C)c1C)C(C)(C)[C@@H](C)C[C@H]3C. The third-order valence-corrected chi connectivity index (χ3v) is 10.5. The number of rotatable bonds is 2. The Balaban J connectivity index is 1.72. The smallest absolute Gasteiger partial charge is 0.340 e. The van der Waals surface area contributed by atoms with Crippen molar-refractivity contribution in [1.29, 1.82) is 0 Å². The molecule has 208 valence electrons. The number of carbonyl (C=O) groups is 2. The molecule has 0 aromatic carbocycles. The number of ether oxygens (including phenoxy) is 3. The number of nitrogens with zero attached hydrogens (tertiary/aromatic N) is 1.